The molecule has 0 amide bonds. The zero-order valence-corrected chi connectivity index (χ0v) is 11.6. The van der Waals surface area contributed by atoms with E-state index < -0.39 is 0 Å². The van der Waals surface area contributed by atoms with Crippen LogP contribution < -0.4 is 5.32 Å². The van der Waals surface area contributed by atoms with Crippen LogP contribution in [0.1, 0.15) is 38.8 Å². The average molecular weight is 254 g/mol. The van der Waals surface area contributed by atoms with E-state index in [-0.39, 0.29) is 0 Å². The Hall–Kier alpha value is -0.680. The highest BCUT2D eigenvalue weighted by Gasteiger charge is 2.24. The van der Waals surface area contributed by atoms with Crippen LogP contribution in [0.4, 0.5) is 5.00 Å². The molecule has 2 rings (SSSR count). The Morgan fingerprint density at radius 3 is 2.88 bits per heavy atom. The van der Waals surface area contributed by atoms with Crippen LogP contribution in [-0.4, -0.2) is 34.1 Å². The van der Waals surface area contributed by atoms with Crippen molar-refractivity contribution in [2.75, 3.05) is 25.0 Å². The fraction of sp³-hybridized carbons (Fsp3) is 0.833. The van der Waals surface area contributed by atoms with Gasteiger partial charge in [0.25, 0.3) is 0 Å². The van der Waals surface area contributed by atoms with Gasteiger partial charge in [-0.25, -0.2) is 0 Å². The molecule has 1 aliphatic rings. The second-order valence-electron chi connectivity index (χ2n) is 4.75. The van der Waals surface area contributed by atoms with Gasteiger partial charge in [-0.2, -0.15) is 0 Å². The van der Waals surface area contributed by atoms with Crippen molar-refractivity contribution in [2.45, 2.75) is 39.7 Å². The van der Waals surface area contributed by atoms with Crippen molar-refractivity contribution in [3.63, 3.8) is 0 Å². The molecule has 1 fully saturated rings. The topological polar surface area (TPSA) is 41.1 Å². The van der Waals surface area contributed by atoms with Crippen molar-refractivity contribution < 1.29 is 0 Å². The predicted molar refractivity (Wildman–Crippen MR) is 72.4 cm³/mol. The van der Waals surface area contributed by atoms with E-state index in [2.05, 4.69) is 33.7 Å². The highest BCUT2D eigenvalue weighted by atomic mass is 32.1. The maximum atomic E-state index is 4.25. The largest absolute Gasteiger partial charge is 0.374 e. The number of rotatable bonds is 8. The van der Waals surface area contributed by atoms with E-state index in [1.807, 2.05) is 0 Å². The minimum Gasteiger partial charge on any atom is -0.374 e. The summed E-state index contributed by atoms with van der Waals surface area (Å²) in [6.07, 6.45) is 3.95. The van der Waals surface area contributed by atoms with Crippen LogP contribution in [0.25, 0.3) is 0 Å². The van der Waals surface area contributed by atoms with Gasteiger partial charge in [0, 0.05) is 31.2 Å². The van der Waals surface area contributed by atoms with Gasteiger partial charge in [-0.05, 0) is 31.7 Å². The van der Waals surface area contributed by atoms with Gasteiger partial charge >= 0.3 is 0 Å². The molecule has 4 nitrogen and oxygen atoms in total. The molecule has 0 atom stereocenters. The van der Waals surface area contributed by atoms with Gasteiger partial charge in [-0.1, -0.05) is 18.3 Å². The van der Waals surface area contributed by atoms with Crippen molar-refractivity contribution in [3.8, 4) is 0 Å². The fourth-order valence-corrected chi connectivity index (χ4v) is 2.47. The molecule has 0 saturated heterocycles. The molecule has 5 heteroatoms. The summed E-state index contributed by atoms with van der Waals surface area (Å²) in [6.45, 7) is 8.66. The summed E-state index contributed by atoms with van der Waals surface area (Å²) in [5.74, 6) is 0.939. The number of aromatic nitrogens is 2. The molecule has 1 heterocycles. The molecule has 0 bridgehead atoms. The molecule has 0 spiro atoms. The van der Waals surface area contributed by atoms with Crippen LogP contribution in [0.3, 0.4) is 0 Å². The first-order valence-electron chi connectivity index (χ1n) is 6.61. The molecule has 1 aromatic heterocycles. The molecular weight excluding hydrogens is 232 g/mol. The molecule has 0 aliphatic heterocycles. The Balaban J connectivity index is 1.88. The average Bonchev–Trinajstić information content (AvgIpc) is 3.05. The maximum absolute atomic E-state index is 4.25. The summed E-state index contributed by atoms with van der Waals surface area (Å²) >= 11 is 1.48. The second kappa shape index (κ2) is 6.31. The summed E-state index contributed by atoms with van der Waals surface area (Å²) in [7, 11) is 0. The predicted octanol–water partition coefficient (Wildman–Crippen LogP) is 2.59. The van der Waals surface area contributed by atoms with Crippen molar-refractivity contribution >= 4 is 16.5 Å². The number of anilines is 1. The van der Waals surface area contributed by atoms with Gasteiger partial charge < -0.3 is 5.32 Å². The highest BCUT2D eigenvalue weighted by Crippen LogP contribution is 2.30. The van der Waals surface area contributed by atoms with Gasteiger partial charge in [0.15, 0.2) is 0 Å². The Labute approximate surface area is 108 Å². The number of nitrogens with one attached hydrogen (secondary N) is 1. The van der Waals surface area contributed by atoms with E-state index in [4.69, 9.17) is 0 Å². The minimum absolute atomic E-state index is 0.939. The lowest BCUT2D eigenvalue weighted by atomic mass is 10.3. The SMILES string of the molecule is CCCNc1snnc1CN(CC)CC1CC1. The standard InChI is InChI=1S/C12H22N4S/c1-3-7-13-12-11(14-15-17-12)9-16(4-2)8-10-5-6-10/h10,13H,3-9H2,1-2H3. The number of hydrogen-bond donors (Lipinski definition) is 1. The van der Waals surface area contributed by atoms with Gasteiger partial charge in [-0.15, -0.1) is 5.10 Å². The van der Waals surface area contributed by atoms with Gasteiger partial charge in [0.05, 0.1) is 0 Å². The maximum Gasteiger partial charge on any atom is 0.134 e. The third-order valence-corrected chi connectivity index (χ3v) is 3.85. The van der Waals surface area contributed by atoms with E-state index in [0.717, 1.165) is 42.7 Å². The molecule has 0 aromatic carbocycles. The van der Waals surface area contributed by atoms with Crippen LogP contribution in [0.15, 0.2) is 0 Å². The van der Waals surface area contributed by atoms with Crippen LogP contribution in [0, 0.1) is 5.92 Å². The lowest BCUT2D eigenvalue weighted by Crippen LogP contribution is -2.25. The van der Waals surface area contributed by atoms with Crippen LogP contribution in [-0.2, 0) is 6.54 Å². The Morgan fingerprint density at radius 1 is 1.41 bits per heavy atom. The zero-order valence-electron chi connectivity index (χ0n) is 10.8. The lowest BCUT2D eigenvalue weighted by Gasteiger charge is -2.19. The van der Waals surface area contributed by atoms with E-state index in [0.29, 0.717) is 0 Å². The molecule has 17 heavy (non-hydrogen) atoms. The first-order valence-corrected chi connectivity index (χ1v) is 7.38. The third kappa shape index (κ3) is 3.92. The first kappa shape index (κ1) is 12.8. The van der Waals surface area contributed by atoms with Crippen LogP contribution >= 0.6 is 11.5 Å². The molecule has 96 valence electrons. The zero-order chi connectivity index (χ0) is 12.1. The fourth-order valence-electron chi connectivity index (χ4n) is 1.87. The summed E-state index contributed by atoms with van der Waals surface area (Å²) in [5, 5.41) is 8.81. The summed E-state index contributed by atoms with van der Waals surface area (Å²) in [6, 6.07) is 0. The second-order valence-corrected chi connectivity index (χ2v) is 5.50. The Morgan fingerprint density at radius 2 is 2.24 bits per heavy atom. The van der Waals surface area contributed by atoms with Gasteiger partial charge in [-0.3, -0.25) is 4.90 Å². The van der Waals surface area contributed by atoms with Crippen molar-refractivity contribution in [1.82, 2.24) is 14.5 Å². The van der Waals surface area contributed by atoms with Gasteiger partial charge in [0.1, 0.15) is 10.7 Å². The van der Waals surface area contributed by atoms with Gasteiger partial charge in [0.2, 0.25) is 0 Å². The molecule has 1 N–H and O–H groups in total. The molecule has 0 unspecified atom stereocenters. The van der Waals surface area contributed by atoms with E-state index in [1.54, 1.807) is 0 Å². The molecule has 1 saturated carbocycles. The number of hydrogen-bond acceptors (Lipinski definition) is 5. The quantitative estimate of drug-likeness (QED) is 0.774. The molecular formula is C12H22N4S. The first-order chi connectivity index (χ1) is 8.33. The summed E-state index contributed by atoms with van der Waals surface area (Å²) in [5.41, 5.74) is 1.12. The van der Waals surface area contributed by atoms with Crippen molar-refractivity contribution in [2.24, 2.45) is 5.92 Å². The van der Waals surface area contributed by atoms with Crippen LogP contribution in [0.2, 0.25) is 0 Å². The third-order valence-electron chi connectivity index (χ3n) is 3.13. The van der Waals surface area contributed by atoms with E-state index >= 15 is 0 Å². The molecule has 1 aliphatic carbocycles. The van der Waals surface area contributed by atoms with Crippen LogP contribution in [0.5, 0.6) is 0 Å². The smallest absolute Gasteiger partial charge is 0.134 e. The van der Waals surface area contributed by atoms with E-state index in [9.17, 15) is 0 Å². The monoisotopic (exact) mass is 254 g/mol. The highest BCUT2D eigenvalue weighted by molar-refractivity contribution is 7.10. The minimum atomic E-state index is 0.939. The summed E-state index contributed by atoms with van der Waals surface area (Å²) in [4.78, 5) is 2.48. The van der Waals surface area contributed by atoms with E-state index in [1.165, 1.54) is 30.9 Å². The normalized spacial score (nSPS) is 15.5. The molecule has 1 aromatic rings. The molecule has 0 radical (unpaired) electrons. The number of nitrogens with zero attached hydrogens (tertiary/aromatic N) is 3. The lowest BCUT2D eigenvalue weighted by molar-refractivity contribution is 0.265. The Bertz CT molecular complexity index is 335. The Kier molecular flexibility index (Phi) is 4.74. The summed E-state index contributed by atoms with van der Waals surface area (Å²) < 4.78 is 4.06. The van der Waals surface area contributed by atoms with Crippen molar-refractivity contribution in [1.29, 1.82) is 0 Å². The van der Waals surface area contributed by atoms with Crippen molar-refractivity contribution in [3.05, 3.63) is 5.69 Å².